The van der Waals surface area contributed by atoms with E-state index in [4.69, 9.17) is 4.98 Å². The van der Waals surface area contributed by atoms with Gasteiger partial charge >= 0.3 is 0 Å². The Hall–Kier alpha value is -3.65. The van der Waals surface area contributed by atoms with Gasteiger partial charge in [-0.3, -0.25) is 4.98 Å². The lowest BCUT2D eigenvalue weighted by Crippen LogP contribution is -1.97. The standard InChI is InChI=1S/C27H22N2/c1-18-15-19(2)17-22(16-18)29-25-12-11-20-7-3-5-9-23(20)26(25)27-24-10-6-4-8-21(24)13-14-28-27/h3-17,29H,1-2H3. The predicted molar refractivity (Wildman–Crippen MR) is 124 cm³/mol. The maximum atomic E-state index is 4.82. The lowest BCUT2D eigenvalue weighted by Gasteiger charge is -2.17. The van der Waals surface area contributed by atoms with Crippen molar-refractivity contribution in [1.82, 2.24) is 4.98 Å². The predicted octanol–water partition coefficient (Wildman–Crippen LogP) is 7.42. The zero-order valence-corrected chi connectivity index (χ0v) is 16.6. The summed E-state index contributed by atoms with van der Waals surface area (Å²) in [5.41, 5.74) is 6.80. The molecule has 0 amide bonds. The highest BCUT2D eigenvalue weighted by atomic mass is 14.9. The molecular formula is C27H22N2. The Morgan fingerprint density at radius 1 is 0.655 bits per heavy atom. The van der Waals surface area contributed by atoms with E-state index in [0.29, 0.717) is 0 Å². The highest BCUT2D eigenvalue weighted by molar-refractivity contribution is 6.08. The number of nitrogens with one attached hydrogen (secondary N) is 1. The van der Waals surface area contributed by atoms with Crippen molar-refractivity contribution in [1.29, 1.82) is 0 Å². The maximum Gasteiger partial charge on any atom is 0.0807 e. The van der Waals surface area contributed by atoms with Crippen LogP contribution in [-0.4, -0.2) is 4.98 Å². The number of rotatable bonds is 3. The second-order valence-corrected chi connectivity index (χ2v) is 7.59. The summed E-state index contributed by atoms with van der Waals surface area (Å²) in [6, 6.07) is 29.9. The Morgan fingerprint density at radius 3 is 2.07 bits per heavy atom. The van der Waals surface area contributed by atoms with Crippen LogP contribution in [0.15, 0.2) is 91.1 Å². The minimum atomic E-state index is 1.01. The van der Waals surface area contributed by atoms with E-state index in [2.05, 4.69) is 104 Å². The highest BCUT2D eigenvalue weighted by Gasteiger charge is 2.14. The molecule has 0 atom stereocenters. The second-order valence-electron chi connectivity index (χ2n) is 7.59. The Bertz CT molecular complexity index is 1330. The van der Waals surface area contributed by atoms with Gasteiger partial charge in [0.1, 0.15) is 0 Å². The lowest BCUT2D eigenvalue weighted by atomic mass is 9.96. The smallest absolute Gasteiger partial charge is 0.0807 e. The number of hydrogen-bond donors (Lipinski definition) is 1. The van der Waals surface area contributed by atoms with Gasteiger partial charge in [0, 0.05) is 28.5 Å². The van der Waals surface area contributed by atoms with Crippen LogP contribution in [0, 0.1) is 13.8 Å². The van der Waals surface area contributed by atoms with Gasteiger partial charge < -0.3 is 5.32 Å². The maximum absolute atomic E-state index is 4.82. The number of pyridine rings is 1. The van der Waals surface area contributed by atoms with E-state index in [1.807, 2.05) is 6.20 Å². The quantitative estimate of drug-likeness (QED) is 0.355. The topological polar surface area (TPSA) is 24.9 Å². The molecule has 1 heterocycles. The van der Waals surface area contributed by atoms with Crippen LogP contribution in [0.4, 0.5) is 11.4 Å². The summed E-state index contributed by atoms with van der Waals surface area (Å²) in [4.78, 5) is 4.82. The van der Waals surface area contributed by atoms with Gasteiger partial charge in [0.25, 0.3) is 0 Å². The van der Waals surface area contributed by atoms with Crippen molar-refractivity contribution in [2.45, 2.75) is 13.8 Å². The number of aromatic nitrogens is 1. The fraction of sp³-hybridized carbons (Fsp3) is 0.0741. The van der Waals surface area contributed by atoms with E-state index in [1.54, 1.807) is 0 Å². The Kier molecular flexibility index (Phi) is 4.25. The lowest BCUT2D eigenvalue weighted by molar-refractivity contribution is 1.35. The van der Waals surface area contributed by atoms with E-state index >= 15 is 0 Å². The molecule has 1 N–H and O–H groups in total. The van der Waals surface area contributed by atoms with Crippen molar-refractivity contribution in [2.24, 2.45) is 0 Å². The monoisotopic (exact) mass is 374 g/mol. The van der Waals surface area contributed by atoms with E-state index in [9.17, 15) is 0 Å². The molecule has 0 fully saturated rings. The molecule has 140 valence electrons. The molecule has 2 nitrogen and oxygen atoms in total. The summed E-state index contributed by atoms with van der Waals surface area (Å²) in [5.74, 6) is 0. The number of benzene rings is 4. The summed E-state index contributed by atoms with van der Waals surface area (Å²) < 4.78 is 0. The third-order valence-electron chi connectivity index (χ3n) is 5.34. The van der Waals surface area contributed by atoms with Gasteiger partial charge in [-0.1, -0.05) is 60.7 Å². The summed E-state index contributed by atoms with van der Waals surface area (Å²) in [6.07, 6.45) is 1.90. The first-order valence-corrected chi connectivity index (χ1v) is 9.90. The van der Waals surface area contributed by atoms with Gasteiger partial charge in [-0.05, 0) is 65.4 Å². The summed E-state index contributed by atoms with van der Waals surface area (Å²) in [7, 11) is 0. The van der Waals surface area contributed by atoms with Gasteiger partial charge in [0.15, 0.2) is 0 Å². The van der Waals surface area contributed by atoms with Crippen LogP contribution >= 0.6 is 0 Å². The molecule has 4 aromatic carbocycles. The van der Waals surface area contributed by atoms with Crippen molar-refractivity contribution in [3.05, 3.63) is 102 Å². The van der Waals surface area contributed by atoms with Crippen molar-refractivity contribution in [3.63, 3.8) is 0 Å². The molecule has 2 heteroatoms. The van der Waals surface area contributed by atoms with Crippen LogP contribution < -0.4 is 5.32 Å². The normalized spacial score (nSPS) is 11.1. The molecule has 0 aliphatic rings. The van der Waals surface area contributed by atoms with E-state index in [0.717, 1.165) is 28.0 Å². The molecule has 0 saturated carbocycles. The SMILES string of the molecule is Cc1cc(C)cc(Nc2ccc3ccccc3c2-c2nccc3ccccc23)c1. The number of aryl methyl sites for hydroxylation is 2. The Labute approximate surface area is 170 Å². The Balaban J connectivity index is 1.79. The van der Waals surface area contributed by atoms with E-state index in [1.165, 1.54) is 27.3 Å². The molecule has 0 bridgehead atoms. The fourth-order valence-corrected chi connectivity index (χ4v) is 4.15. The molecule has 5 rings (SSSR count). The summed E-state index contributed by atoms with van der Waals surface area (Å²) >= 11 is 0. The zero-order chi connectivity index (χ0) is 19.8. The zero-order valence-electron chi connectivity index (χ0n) is 16.6. The molecule has 5 aromatic rings. The molecule has 0 aliphatic heterocycles. The van der Waals surface area contributed by atoms with E-state index < -0.39 is 0 Å². The van der Waals surface area contributed by atoms with Crippen LogP contribution in [0.25, 0.3) is 32.8 Å². The van der Waals surface area contributed by atoms with Gasteiger partial charge in [0.05, 0.1) is 5.69 Å². The molecule has 0 spiro atoms. The van der Waals surface area contributed by atoms with Gasteiger partial charge in [0.2, 0.25) is 0 Å². The van der Waals surface area contributed by atoms with Crippen molar-refractivity contribution >= 4 is 32.9 Å². The minimum Gasteiger partial charge on any atom is -0.355 e. The summed E-state index contributed by atoms with van der Waals surface area (Å²) in [6.45, 7) is 4.26. The molecular weight excluding hydrogens is 352 g/mol. The Morgan fingerprint density at radius 2 is 1.31 bits per heavy atom. The molecule has 0 saturated heterocycles. The average Bonchev–Trinajstić information content (AvgIpc) is 2.73. The van der Waals surface area contributed by atoms with Crippen LogP contribution in [0.1, 0.15) is 11.1 Å². The van der Waals surface area contributed by atoms with Crippen LogP contribution in [0.3, 0.4) is 0 Å². The number of nitrogens with zero attached hydrogens (tertiary/aromatic N) is 1. The first-order valence-electron chi connectivity index (χ1n) is 9.90. The summed E-state index contributed by atoms with van der Waals surface area (Å²) in [5, 5.41) is 8.44. The largest absolute Gasteiger partial charge is 0.355 e. The van der Waals surface area contributed by atoms with Gasteiger partial charge in [-0.2, -0.15) is 0 Å². The van der Waals surface area contributed by atoms with E-state index in [-0.39, 0.29) is 0 Å². The minimum absolute atomic E-state index is 1.01. The number of hydrogen-bond acceptors (Lipinski definition) is 2. The molecule has 0 aliphatic carbocycles. The average molecular weight is 374 g/mol. The van der Waals surface area contributed by atoms with Crippen molar-refractivity contribution in [2.75, 3.05) is 5.32 Å². The molecule has 0 unspecified atom stereocenters. The molecule has 0 radical (unpaired) electrons. The van der Waals surface area contributed by atoms with Gasteiger partial charge in [-0.25, -0.2) is 0 Å². The fourth-order valence-electron chi connectivity index (χ4n) is 4.15. The number of fused-ring (bicyclic) bond motifs is 2. The third kappa shape index (κ3) is 3.23. The first-order chi connectivity index (χ1) is 14.2. The second kappa shape index (κ2) is 7.06. The van der Waals surface area contributed by atoms with Crippen LogP contribution in [0.5, 0.6) is 0 Å². The third-order valence-corrected chi connectivity index (χ3v) is 5.34. The number of anilines is 2. The van der Waals surface area contributed by atoms with Crippen molar-refractivity contribution < 1.29 is 0 Å². The van der Waals surface area contributed by atoms with Crippen LogP contribution in [-0.2, 0) is 0 Å². The van der Waals surface area contributed by atoms with Gasteiger partial charge in [-0.15, -0.1) is 0 Å². The molecule has 1 aromatic heterocycles. The van der Waals surface area contributed by atoms with Crippen LogP contribution in [0.2, 0.25) is 0 Å². The van der Waals surface area contributed by atoms with Crippen molar-refractivity contribution in [3.8, 4) is 11.3 Å². The first kappa shape index (κ1) is 17.4. The molecule has 29 heavy (non-hydrogen) atoms. The highest BCUT2D eigenvalue weighted by Crippen LogP contribution is 2.39.